The number of hydrogen-bond donors (Lipinski definition) is 0. The molecule has 1 saturated heterocycles. The summed E-state index contributed by atoms with van der Waals surface area (Å²) in [4.78, 5) is 0. The van der Waals surface area contributed by atoms with Gasteiger partial charge in [0.1, 0.15) is 0 Å². The molecule has 28 valence electrons. The van der Waals surface area contributed by atoms with E-state index in [4.69, 9.17) is 0 Å². The van der Waals surface area contributed by atoms with Gasteiger partial charge in [-0.15, -0.1) is 0 Å². The quantitative estimate of drug-likeness (QED) is 0.288. The first-order valence-electron chi connectivity index (χ1n) is 1.15. The Labute approximate surface area is 84.1 Å². The van der Waals surface area contributed by atoms with E-state index in [1.807, 2.05) is 0 Å². The van der Waals surface area contributed by atoms with E-state index in [1.54, 1.807) is 0 Å². The van der Waals surface area contributed by atoms with Crippen molar-refractivity contribution in [1.29, 1.82) is 0 Å². The van der Waals surface area contributed by atoms with Gasteiger partial charge in [-0.05, 0) is 0 Å². The Morgan fingerprint density at radius 3 is 1.17 bits per heavy atom. The van der Waals surface area contributed by atoms with Crippen LogP contribution < -0.4 is 59.1 Å². The molecule has 0 atom stereocenters. The molecule has 6 heavy (non-hydrogen) atoms. The number of rotatable bonds is 0. The van der Waals surface area contributed by atoms with Crippen LogP contribution in [0.25, 0.3) is 0 Å². The Kier molecular flexibility index (Phi) is 12.5. The van der Waals surface area contributed by atoms with Crippen LogP contribution in [-0.4, -0.2) is 13.6 Å². The summed E-state index contributed by atoms with van der Waals surface area (Å²) < 4.78 is 9.00. The first kappa shape index (κ1) is 10.8. The minimum Gasteiger partial charge on any atom is -1.00 e. The molecule has 0 N–H and O–H groups in total. The molecule has 0 amide bonds. The Hall–Kier alpha value is 1.92. The van der Waals surface area contributed by atoms with Crippen molar-refractivity contribution in [3.8, 4) is 0 Å². The summed E-state index contributed by atoms with van der Waals surface area (Å²) in [5, 5.41) is 0. The fraction of sp³-hybridized carbons (Fsp3) is 1.00. The number of ether oxygens (including phenoxy) is 2. The van der Waals surface area contributed by atoms with Crippen LogP contribution in [0.1, 0.15) is 2.85 Å². The smallest absolute Gasteiger partial charge is 1.00 e. The van der Waals surface area contributed by atoms with Crippen LogP contribution >= 0.6 is 0 Å². The van der Waals surface area contributed by atoms with Gasteiger partial charge in [0.2, 0.25) is 0 Å². The molecular weight excluding hydrogens is 102 g/mol. The van der Waals surface area contributed by atoms with E-state index >= 15 is 0 Å². The van der Waals surface area contributed by atoms with E-state index in [2.05, 4.69) is 9.47 Å². The van der Waals surface area contributed by atoms with E-state index in [9.17, 15) is 0 Å². The second kappa shape index (κ2) is 6.92. The van der Waals surface area contributed by atoms with Crippen molar-refractivity contribution in [1.82, 2.24) is 0 Å². The summed E-state index contributed by atoms with van der Waals surface area (Å²) in [6.07, 6.45) is 0. The minimum atomic E-state index is 0. The van der Waals surface area contributed by atoms with E-state index in [-0.39, 0.29) is 62.0 Å². The molecule has 0 aromatic carbocycles. The zero-order valence-corrected chi connectivity index (χ0v) is 8.23. The third-order valence-electron chi connectivity index (χ3n) is 0.333. The second-order valence-corrected chi connectivity index (χ2v) is 0.644. The Morgan fingerprint density at radius 1 is 1.00 bits per heavy atom. The van der Waals surface area contributed by atoms with Crippen molar-refractivity contribution in [2.24, 2.45) is 0 Å². The van der Waals surface area contributed by atoms with Crippen molar-refractivity contribution < 1.29 is 71.4 Å². The maximum atomic E-state index is 4.50. The predicted molar refractivity (Wildman–Crippen MR) is 14.1 cm³/mol. The van der Waals surface area contributed by atoms with Gasteiger partial charge >= 0.3 is 59.1 Å². The third kappa shape index (κ3) is 4.09. The van der Waals surface area contributed by atoms with E-state index in [0.717, 1.165) is 0 Å². The van der Waals surface area contributed by atoms with Crippen molar-refractivity contribution in [2.75, 3.05) is 13.6 Å². The van der Waals surface area contributed by atoms with Gasteiger partial charge in [-0.3, -0.25) is 0 Å². The minimum absolute atomic E-state index is 0. The predicted octanol–water partition coefficient (Wildman–Crippen LogP) is -5.82. The van der Waals surface area contributed by atoms with Crippen molar-refractivity contribution in [3.63, 3.8) is 0 Å². The summed E-state index contributed by atoms with van der Waals surface area (Å²) in [6, 6.07) is 0. The summed E-state index contributed by atoms with van der Waals surface area (Å²) in [5.74, 6) is 0. The Bertz CT molecular complexity index is 24.0. The van der Waals surface area contributed by atoms with Gasteiger partial charge in [-0.2, -0.15) is 0 Å². The van der Waals surface area contributed by atoms with E-state index in [0.29, 0.717) is 13.6 Å². The van der Waals surface area contributed by atoms with E-state index < -0.39 is 0 Å². The van der Waals surface area contributed by atoms with Gasteiger partial charge in [-0.1, -0.05) is 0 Å². The fourth-order valence-corrected chi connectivity index (χ4v) is 0.0833. The van der Waals surface area contributed by atoms with Crippen molar-refractivity contribution in [3.05, 3.63) is 0 Å². The molecule has 1 rings (SSSR count). The molecule has 0 aliphatic carbocycles. The van der Waals surface area contributed by atoms with Crippen LogP contribution in [-0.2, 0) is 9.47 Å². The van der Waals surface area contributed by atoms with Crippen LogP contribution in [0.15, 0.2) is 0 Å². The van der Waals surface area contributed by atoms with Crippen LogP contribution in [0.3, 0.4) is 0 Å². The molecule has 1 fully saturated rings. The van der Waals surface area contributed by atoms with Crippen molar-refractivity contribution in [2.45, 2.75) is 0 Å². The molecule has 0 spiro atoms. The standard InChI is InChI=1S/C2H4O2.2Na.2H/c1-3-2-4-1;;;;/h1-2H2;;;;/q;2*+1;2*-1. The summed E-state index contributed by atoms with van der Waals surface area (Å²) in [6.45, 7) is 1.00. The maximum Gasteiger partial charge on any atom is 1.00 e. The third-order valence-corrected chi connectivity index (χ3v) is 0.333. The molecule has 0 unspecified atom stereocenters. The molecule has 0 aromatic rings. The molecule has 0 saturated carbocycles. The van der Waals surface area contributed by atoms with E-state index in [1.165, 1.54) is 0 Å². The monoisotopic (exact) mass is 108 g/mol. The topological polar surface area (TPSA) is 18.5 Å². The molecule has 1 aliphatic heterocycles. The normalized spacial score (nSPS) is 16.0. The molecule has 1 aliphatic rings. The Balaban J connectivity index is -0.0000000200. The first-order chi connectivity index (χ1) is 2.00. The summed E-state index contributed by atoms with van der Waals surface area (Å²) >= 11 is 0. The van der Waals surface area contributed by atoms with Crippen LogP contribution in [0.5, 0.6) is 0 Å². The van der Waals surface area contributed by atoms with Crippen molar-refractivity contribution >= 4 is 0 Å². The average Bonchev–Trinajstić information content (AvgIpc) is 0.722. The first-order valence-corrected chi connectivity index (χ1v) is 1.15. The molecule has 2 nitrogen and oxygen atoms in total. The molecule has 0 aromatic heterocycles. The maximum absolute atomic E-state index is 4.50. The zero-order valence-electron chi connectivity index (χ0n) is 6.23. The zero-order chi connectivity index (χ0) is 2.83. The average molecular weight is 108 g/mol. The summed E-state index contributed by atoms with van der Waals surface area (Å²) in [5.41, 5.74) is 0. The van der Waals surface area contributed by atoms with Crippen LogP contribution in [0.2, 0.25) is 0 Å². The molecule has 4 heteroatoms. The Morgan fingerprint density at radius 2 is 1.17 bits per heavy atom. The van der Waals surface area contributed by atoms with Gasteiger partial charge in [-0.25, -0.2) is 0 Å². The van der Waals surface area contributed by atoms with Gasteiger partial charge in [0.15, 0.2) is 13.6 Å². The summed E-state index contributed by atoms with van der Waals surface area (Å²) in [7, 11) is 0. The fourth-order valence-electron chi connectivity index (χ4n) is 0.0833. The molecule has 0 bridgehead atoms. The van der Waals surface area contributed by atoms with Crippen LogP contribution in [0.4, 0.5) is 0 Å². The second-order valence-electron chi connectivity index (χ2n) is 0.644. The van der Waals surface area contributed by atoms with Gasteiger partial charge in [0.25, 0.3) is 0 Å². The SMILES string of the molecule is C1OCO1.[H-].[H-].[Na+].[Na+]. The van der Waals surface area contributed by atoms with Gasteiger partial charge in [0, 0.05) is 0 Å². The van der Waals surface area contributed by atoms with Gasteiger partial charge < -0.3 is 12.3 Å². The van der Waals surface area contributed by atoms with Crippen LogP contribution in [0, 0.1) is 0 Å². The molecule has 0 radical (unpaired) electrons. The molecular formula is C2H6Na2O2. The van der Waals surface area contributed by atoms with Gasteiger partial charge in [0.05, 0.1) is 0 Å². The largest absolute Gasteiger partial charge is 1.00 e. The number of hydrogen-bond acceptors (Lipinski definition) is 2. The molecule has 1 heterocycles.